The first-order chi connectivity index (χ1) is 5.24. The molecule has 4 nitrogen and oxygen atoms in total. The summed E-state index contributed by atoms with van der Waals surface area (Å²) >= 11 is 0. The molecule has 1 N–H and O–H groups in total. The molecule has 0 radical (unpaired) electrons. The van der Waals surface area contributed by atoms with Gasteiger partial charge in [0.05, 0.1) is 32.8 Å². The maximum absolute atomic E-state index is 10.7. The zero-order valence-corrected chi connectivity index (χ0v) is 6.45. The third kappa shape index (κ3) is 2.17. The quantitative estimate of drug-likeness (QED) is 0.556. The summed E-state index contributed by atoms with van der Waals surface area (Å²) in [6, 6.07) is 0. The number of carbonyl (C=O) groups excluding carboxylic acids is 1. The van der Waals surface area contributed by atoms with Crippen molar-refractivity contribution in [2.24, 2.45) is 5.92 Å². The fraction of sp³-hybridized carbons (Fsp3) is 0.857. The van der Waals surface area contributed by atoms with Gasteiger partial charge in [0.15, 0.2) is 0 Å². The molecule has 1 saturated heterocycles. The van der Waals surface area contributed by atoms with Crippen LogP contribution in [0.15, 0.2) is 0 Å². The minimum Gasteiger partial charge on any atom is -0.469 e. The third-order valence-corrected chi connectivity index (χ3v) is 1.82. The molecule has 1 heterocycles. The van der Waals surface area contributed by atoms with Crippen molar-refractivity contribution in [2.45, 2.75) is 12.5 Å². The van der Waals surface area contributed by atoms with E-state index in [1.807, 2.05) is 0 Å². The number of hydrogen-bond donors (Lipinski definition) is 1. The molecule has 0 bridgehead atoms. The van der Waals surface area contributed by atoms with E-state index in [1.54, 1.807) is 0 Å². The van der Waals surface area contributed by atoms with E-state index in [2.05, 4.69) is 4.74 Å². The van der Waals surface area contributed by atoms with Gasteiger partial charge in [-0.25, -0.2) is 0 Å². The maximum Gasteiger partial charge on any atom is 0.305 e. The van der Waals surface area contributed by atoms with E-state index in [0.717, 1.165) is 0 Å². The van der Waals surface area contributed by atoms with Crippen molar-refractivity contribution < 1.29 is 19.4 Å². The Bertz CT molecular complexity index is 145. The average molecular weight is 160 g/mol. The van der Waals surface area contributed by atoms with E-state index in [0.29, 0.717) is 13.2 Å². The zero-order valence-electron chi connectivity index (χ0n) is 6.45. The van der Waals surface area contributed by atoms with E-state index in [4.69, 9.17) is 4.74 Å². The van der Waals surface area contributed by atoms with E-state index in [9.17, 15) is 9.90 Å². The van der Waals surface area contributed by atoms with E-state index in [-0.39, 0.29) is 18.3 Å². The number of hydrogen-bond acceptors (Lipinski definition) is 4. The lowest BCUT2D eigenvalue weighted by atomic mass is 10.0. The highest BCUT2D eigenvalue weighted by Crippen LogP contribution is 2.17. The van der Waals surface area contributed by atoms with Gasteiger partial charge >= 0.3 is 5.97 Å². The van der Waals surface area contributed by atoms with Gasteiger partial charge in [-0.1, -0.05) is 0 Å². The summed E-state index contributed by atoms with van der Waals surface area (Å²) in [6.07, 6.45) is -0.258. The van der Waals surface area contributed by atoms with E-state index < -0.39 is 6.10 Å². The Morgan fingerprint density at radius 1 is 1.73 bits per heavy atom. The molecule has 11 heavy (non-hydrogen) atoms. The highest BCUT2D eigenvalue weighted by Gasteiger charge is 2.28. The molecule has 0 aromatic rings. The Labute approximate surface area is 65.1 Å². The number of aliphatic hydroxyl groups is 1. The number of rotatable bonds is 2. The van der Waals surface area contributed by atoms with Crippen molar-refractivity contribution in [3.63, 3.8) is 0 Å². The summed E-state index contributed by atoms with van der Waals surface area (Å²) in [5.74, 6) is -0.373. The molecular weight excluding hydrogens is 148 g/mol. The summed E-state index contributed by atoms with van der Waals surface area (Å²) in [7, 11) is 1.34. The molecule has 0 amide bonds. The second-order valence-corrected chi connectivity index (χ2v) is 2.65. The van der Waals surface area contributed by atoms with Crippen LogP contribution in [0.5, 0.6) is 0 Å². The van der Waals surface area contributed by atoms with Crippen LogP contribution in [-0.4, -0.2) is 37.5 Å². The SMILES string of the molecule is COC(=O)C[C@H]1COC[C@H]1O. The molecule has 1 rings (SSSR count). The van der Waals surface area contributed by atoms with Crippen LogP contribution in [0.4, 0.5) is 0 Å². The van der Waals surface area contributed by atoms with Crippen molar-refractivity contribution in [3.05, 3.63) is 0 Å². The van der Waals surface area contributed by atoms with Crippen LogP contribution >= 0.6 is 0 Å². The van der Waals surface area contributed by atoms with Gasteiger partial charge in [-0.05, 0) is 0 Å². The molecular formula is C7H12O4. The van der Waals surface area contributed by atoms with Crippen LogP contribution < -0.4 is 0 Å². The smallest absolute Gasteiger partial charge is 0.305 e. The molecule has 1 fully saturated rings. The minimum atomic E-state index is -0.505. The molecule has 0 aromatic heterocycles. The Kier molecular flexibility index (Phi) is 2.84. The lowest BCUT2D eigenvalue weighted by molar-refractivity contribution is -0.142. The summed E-state index contributed by atoms with van der Waals surface area (Å²) in [5, 5.41) is 9.20. The minimum absolute atomic E-state index is 0.0811. The first kappa shape index (κ1) is 8.49. The van der Waals surface area contributed by atoms with Crippen LogP contribution in [0.2, 0.25) is 0 Å². The fourth-order valence-electron chi connectivity index (χ4n) is 1.08. The van der Waals surface area contributed by atoms with Crippen molar-refractivity contribution in [3.8, 4) is 0 Å². The van der Waals surface area contributed by atoms with Crippen molar-refractivity contribution >= 4 is 5.97 Å². The second kappa shape index (κ2) is 3.69. The standard InChI is InChI=1S/C7H12O4/c1-10-7(9)2-5-3-11-4-6(5)8/h5-6,8H,2-4H2,1H3/t5-,6+/m0/s1. The monoisotopic (exact) mass is 160 g/mol. The summed E-state index contributed by atoms with van der Waals surface area (Å²) in [6.45, 7) is 0.790. The van der Waals surface area contributed by atoms with Gasteiger partial charge in [0, 0.05) is 5.92 Å². The number of aliphatic hydroxyl groups excluding tert-OH is 1. The molecule has 4 heteroatoms. The topological polar surface area (TPSA) is 55.8 Å². The summed E-state index contributed by atoms with van der Waals surface area (Å²) in [5.41, 5.74) is 0. The number of methoxy groups -OCH3 is 1. The van der Waals surface area contributed by atoms with Crippen molar-refractivity contribution in [1.29, 1.82) is 0 Å². The Balaban J connectivity index is 2.30. The molecule has 0 aliphatic carbocycles. The molecule has 0 unspecified atom stereocenters. The first-order valence-electron chi connectivity index (χ1n) is 3.56. The van der Waals surface area contributed by atoms with Gasteiger partial charge < -0.3 is 14.6 Å². The number of ether oxygens (including phenoxy) is 2. The fourth-order valence-corrected chi connectivity index (χ4v) is 1.08. The molecule has 64 valence electrons. The van der Waals surface area contributed by atoms with Crippen LogP contribution in [0.1, 0.15) is 6.42 Å². The number of esters is 1. The predicted molar refractivity (Wildman–Crippen MR) is 36.9 cm³/mol. The molecule has 0 spiro atoms. The molecule has 0 aromatic carbocycles. The van der Waals surface area contributed by atoms with Crippen molar-refractivity contribution in [1.82, 2.24) is 0 Å². The van der Waals surface area contributed by atoms with Crippen LogP contribution in [-0.2, 0) is 14.3 Å². The average Bonchev–Trinajstić information content (AvgIpc) is 2.37. The van der Waals surface area contributed by atoms with Gasteiger partial charge in [-0.3, -0.25) is 4.79 Å². The zero-order chi connectivity index (χ0) is 8.27. The first-order valence-corrected chi connectivity index (χ1v) is 3.56. The molecule has 0 saturated carbocycles. The normalized spacial score (nSPS) is 30.4. The van der Waals surface area contributed by atoms with Crippen LogP contribution in [0.25, 0.3) is 0 Å². The Morgan fingerprint density at radius 3 is 2.91 bits per heavy atom. The lowest BCUT2D eigenvalue weighted by Crippen LogP contribution is -2.21. The largest absolute Gasteiger partial charge is 0.469 e. The van der Waals surface area contributed by atoms with Gasteiger partial charge in [0.1, 0.15) is 0 Å². The van der Waals surface area contributed by atoms with Gasteiger partial charge in [0.2, 0.25) is 0 Å². The predicted octanol–water partition coefficient (Wildman–Crippen LogP) is -0.443. The summed E-state index contributed by atoms with van der Waals surface area (Å²) < 4.78 is 9.41. The molecule has 1 aliphatic heterocycles. The lowest BCUT2D eigenvalue weighted by Gasteiger charge is -2.09. The highest BCUT2D eigenvalue weighted by atomic mass is 16.5. The van der Waals surface area contributed by atoms with Gasteiger partial charge in [-0.15, -0.1) is 0 Å². The summed E-state index contributed by atoms with van der Waals surface area (Å²) in [4.78, 5) is 10.7. The third-order valence-electron chi connectivity index (χ3n) is 1.82. The van der Waals surface area contributed by atoms with Crippen molar-refractivity contribution in [2.75, 3.05) is 20.3 Å². The van der Waals surface area contributed by atoms with Crippen LogP contribution in [0.3, 0.4) is 0 Å². The Morgan fingerprint density at radius 2 is 2.45 bits per heavy atom. The van der Waals surface area contributed by atoms with Gasteiger partial charge in [0.25, 0.3) is 0 Å². The molecule has 2 atom stereocenters. The highest BCUT2D eigenvalue weighted by molar-refractivity contribution is 5.69. The molecule has 1 aliphatic rings. The Hall–Kier alpha value is -0.610. The second-order valence-electron chi connectivity index (χ2n) is 2.65. The van der Waals surface area contributed by atoms with E-state index in [1.165, 1.54) is 7.11 Å². The maximum atomic E-state index is 10.7. The van der Waals surface area contributed by atoms with E-state index >= 15 is 0 Å². The number of carbonyl (C=O) groups is 1. The van der Waals surface area contributed by atoms with Gasteiger partial charge in [-0.2, -0.15) is 0 Å². The van der Waals surface area contributed by atoms with Crippen LogP contribution in [0, 0.1) is 5.92 Å².